The summed E-state index contributed by atoms with van der Waals surface area (Å²) >= 11 is 0. The van der Waals surface area contributed by atoms with E-state index in [1.807, 2.05) is 31.2 Å². The molecule has 2 unspecified atom stereocenters. The van der Waals surface area contributed by atoms with Gasteiger partial charge >= 0.3 is 0 Å². The second-order valence-corrected chi connectivity index (χ2v) is 5.89. The van der Waals surface area contributed by atoms with Crippen LogP contribution < -0.4 is 10.5 Å². The summed E-state index contributed by atoms with van der Waals surface area (Å²) in [7, 11) is -0.815. The minimum Gasteiger partial charge on any atom is -0.494 e. The van der Waals surface area contributed by atoms with Gasteiger partial charge in [-0.25, -0.2) is 0 Å². The lowest BCUT2D eigenvalue weighted by Crippen LogP contribution is -2.19. The Hall–Kier alpha value is -0.870. The molecule has 1 rings (SSSR count). The molecule has 0 saturated carbocycles. The summed E-state index contributed by atoms with van der Waals surface area (Å²) in [5.74, 6) is 2.13. The van der Waals surface area contributed by atoms with Crippen LogP contribution in [0, 0.1) is 0 Å². The number of hydrogen-bond donors (Lipinski definition) is 1. The lowest BCUT2D eigenvalue weighted by molar-refractivity contribution is 0.340. The Bertz CT molecular complexity index is 365. The van der Waals surface area contributed by atoms with Crippen molar-refractivity contribution in [3.05, 3.63) is 29.8 Å². The fourth-order valence-electron chi connectivity index (χ4n) is 1.66. The van der Waals surface area contributed by atoms with Crippen LogP contribution in [0.2, 0.25) is 0 Å². The highest BCUT2D eigenvalue weighted by Crippen LogP contribution is 2.17. The molecule has 2 atom stereocenters. The maximum Gasteiger partial charge on any atom is 0.119 e. The van der Waals surface area contributed by atoms with E-state index in [9.17, 15) is 4.21 Å². The van der Waals surface area contributed by atoms with Gasteiger partial charge in [0.25, 0.3) is 0 Å². The smallest absolute Gasteiger partial charge is 0.119 e. The maximum atomic E-state index is 11.8. The summed E-state index contributed by atoms with van der Waals surface area (Å²) in [4.78, 5) is 0. The van der Waals surface area contributed by atoms with Gasteiger partial charge in [0.2, 0.25) is 0 Å². The molecule has 0 amide bonds. The van der Waals surface area contributed by atoms with E-state index in [-0.39, 0.29) is 6.04 Å². The first kappa shape index (κ1) is 15.2. The van der Waals surface area contributed by atoms with E-state index in [2.05, 4.69) is 6.92 Å². The number of unbranched alkanes of at least 4 members (excludes halogenated alkanes) is 1. The Morgan fingerprint density at radius 3 is 2.50 bits per heavy atom. The second kappa shape index (κ2) is 8.27. The lowest BCUT2D eigenvalue weighted by Gasteiger charge is -2.12. The number of benzene rings is 1. The second-order valence-electron chi connectivity index (χ2n) is 4.27. The van der Waals surface area contributed by atoms with Gasteiger partial charge in [0.05, 0.1) is 6.61 Å². The van der Waals surface area contributed by atoms with Gasteiger partial charge in [0, 0.05) is 28.3 Å². The minimum absolute atomic E-state index is 0.154. The molecule has 0 saturated heterocycles. The van der Waals surface area contributed by atoms with Crippen molar-refractivity contribution in [2.24, 2.45) is 5.73 Å². The molecule has 0 aliphatic rings. The molecule has 0 aromatic heterocycles. The van der Waals surface area contributed by atoms with Crippen molar-refractivity contribution >= 4 is 10.8 Å². The standard InChI is InChI=1S/C14H23NO2S/c1-3-5-10-18(16)11-14(15)12-6-8-13(9-7-12)17-4-2/h6-9,14H,3-5,10-11,15H2,1-2H3. The Morgan fingerprint density at radius 1 is 1.28 bits per heavy atom. The van der Waals surface area contributed by atoms with E-state index in [1.165, 1.54) is 0 Å². The molecule has 0 fully saturated rings. The van der Waals surface area contributed by atoms with Crippen LogP contribution in [0.4, 0.5) is 0 Å². The quantitative estimate of drug-likeness (QED) is 0.789. The predicted molar refractivity (Wildman–Crippen MR) is 77.3 cm³/mol. The molecule has 0 spiro atoms. The van der Waals surface area contributed by atoms with Gasteiger partial charge in [-0.05, 0) is 31.0 Å². The number of rotatable bonds is 8. The van der Waals surface area contributed by atoms with Crippen LogP contribution >= 0.6 is 0 Å². The minimum atomic E-state index is -0.815. The monoisotopic (exact) mass is 269 g/mol. The molecular formula is C14H23NO2S. The van der Waals surface area contributed by atoms with Crippen LogP contribution in [0.1, 0.15) is 38.3 Å². The van der Waals surface area contributed by atoms with Crippen LogP contribution in [0.25, 0.3) is 0 Å². The van der Waals surface area contributed by atoms with Crippen molar-refractivity contribution in [2.45, 2.75) is 32.7 Å². The highest BCUT2D eigenvalue weighted by atomic mass is 32.2. The van der Waals surface area contributed by atoms with Crippen molar-refractivity contribution in [3.63, 3.8) is 0 Å². The summed E-state index contributed by atoms with van der Waals surface area (Å²) in [5.41, 5.74) is 7.07. The molecule has 0 radical (unpaired) electrons. The van der Waals surface area contributed by atoms with Crippen molar-refractivity contribution in [3.8, 4) is 5.75 Å². The molecule has 1 aromatic rings. The van der Waals surface area contributed by atoms with Gasteiger partial charge in [-0.1, -0.05) is 25.5 Å². The Morgan fingerprint density at radius 2 is 1.94 bits per heavy atom. The van der Waals surface area contributed by atoms with Gasteiger partial charge < -0.3 is 10.5 Å². The largest absolute Gasteiger partial charge is 0.494 e. The average Bonchev–Trinajstić information content (AvgIpc) is 2.37. The highest BCUT2D eigenvalue weighted by Gasteiger charge is 2.10. The molecule has 3 nitrogen and oxygen atoms in total. The summed E-state index contributed by atoms with van der Waals surface area (Å²) < 4.78 is 17.1. The predicted octanol–water partition coefficient (Wildman–Crippen LogP) is 2.63. The normalized spacial score (nSPS) is 14.2. The Labute approximate surface area is 112 Å². The number of nitrogens with two attached hydrogens (primary N) is 1. The van der Waals surface area contributed by atoms with Crippen LogP contribution in [0.5, 0.6) is 5.75 Å². The van der Waals surface area contributed by atoms with E-state index in [1.54, 1.807) is 0 Å². The number of hydrogen-bond acceptors (Lipinski definition) is 3. The van der Waals surface area contributed by atoms with Gasteiger partial charge in [-0.3, -0.25) is 4.21 Å². The molecular weight excluding hydrogens is 246 g/mol. The zero-order chi connectivity index (χ0) is 13.4. The van der Waals surface area contributed by atoms with Crippen LogP contribution in [0.3, 0.4) is 0 Å². The van der Waals surface area contributed by atoms with Gasteiger partial charge in [-0.15, -0.1) is 0 Å². The molecule has 2 N–H and O–H groups in total. The summed E-state index contributed by atoms with van der Waals surface area (Å²) in [6.45, 7) is 4.71. The molecule has 0 heterocycles. The SMILES string of the molecule is CCCCS(=O)CC(N)c1ccc(OCC)cc1. The van der Waals surface area contributed by atoms with Crippen LogP contribution in [-0.2, 0) is 10.8 Å². The third-order valence-corrected chi connectivity index (χ3v) is 4.19. The zero-order valence-corrected chi connectivity index (χ0v) is 12.0. The van der Waals surface area contributed by atoms with Crippen molar-refractivity contribution in [1.82, 2.24) is 0 Å². The van der Waals surface area contributed by atoms with Crippen LogP contribution in [0.15, 0.2) is 24.3 Å². The first-order valence-corrected chi connectivity index (χ1v) is 7.99. The van der Waals surface area contributed by atoms with Gasteiger partial charge in [0.1, 0.15) is 5.75 Å². The molecule has 0 bridgehead atoms. The Balaban J connectivity index is 2.50. The lowest BCUT2D eigenvalue weighted by atomic mass is 10.1. The number of ether oxygens (including phenoxy) is 1. The van der Waals surface area contributed by atoms with E-state index >= 15 is 0 Å². The molecule has 0 aliphatic carbocycles. The summed E-state index contributed by atoms with van der Waals surface area (Å²) in [6.07, 6.45) is 2.08. The molecule has 4 heteroatoms. The van der Waals surface area contributed by atoms with E-state index in [0.717, 1.165) is 29.9 Å². The van der Waals surface area contributed by atoms with Crippen LogP contribution in [-0.4, -0.2) is 22.3 Å². The average molecular weight is 269 g/mol. The Kier molecular flexibility index (Phi) is 6.98. The van der Waals surface area contributed by atoms with E-state index in [0.29, 0.717) is 12.4 Å². The van der Waals surface area contributed by atoms with E-state index in [4.69, 9.17) is 10.5 Å². The fraction of sp³-hybridized carbons (Fsp3) is 0.571. The molecule has 102 valence electrons. The van der Waals surface area contributed by atoms with Crippen molar-refractivity contribution in [2.75, 3.05) is 18.1 Å². The fourth-order valence-corrected chi connectivity index (χ4v) is 3.03. The van der Waals surface area contributed by atoms with Crippen molar-refractivity contribution < 1.29 is 8.95 Å². The summed E-state index contributed by atoms with van der Waals surface area (Å²) in [6, 6.07) is 7.57. The summed E-state index contributed by atoms with van der Waals surface area (Å²) in [5, 5.41) is 0. The highest BCUT2D eigenvalue weighted by molar-refractivity contribution is 7.85. The van der Waals surface area contributed by atoms with Gasteiger partial charge in [-0.2, -0.15) is 0 Å². The third-order valence-electron chi connectivity index (χ3n) is 2.71. The molecule has 1 aromatic carbocycles. The third kappa shape index (κ3) is 5.19. The van der Waals surface area contributed by atoms with E-state index < -0.39 is 10.8 Å². The van der Waals surface area contributed by atoms with Crippen molar-refractivity contribution in [1.29, 1.82) is 0 Å². The molecule has 0 aliphatic heterocycles. The van der Waals surface area contributed by atoms with Gasteiger partial charge in [0.15, 0.2) is 0 Å². The maximum absolute atomic E-state index is 11.8. The zero-order valence-electron chi connectivity index (χ0n) is 11.2. The first-order chi connectivity index (χ1) is 8.67. The first-order valence-electron chi connectivity index (χ1n) is 6.50. The molecule has 18 heavy (non-hydrogen) atoms. The topological polar surface area (TPSA) is 52.3 Å².